The molecular weight excluding hydrogens is 176 g/mol. The third-order valence-electron chi connectivity index (χ3n) is 3.21. The molecular formula is C12H22O2. The van der Waals surface area contributed by atoms with Gasteiger partial charge in [-0.2, -0.15) is 0 Å². The monoisotopic (exact) mass is 198 g/mol. The summed E-state index contributed by atoms with van der Waals surface area (Å²) in [6.45, 7) is 5.98. The van der Waals surface area contributed by atoms with E-state index in [2.05, 4.69) is 13.8 Å². The van der Waals surface area contributed by atoms with Crippen molar-refractivity contribution in [1.29, 1.82) is 0 Å². The van der Waals surface area contributed by atoms with E-state index in [1.165, 1.54) is 0 Å². The highest BCUT2D eigenvalue weighted by molar-refractivity contribution is 5.78. The number of hydrogen-bond donors (Lipinski definition) is 0. The van der Waals surface area contributed by atoms with Crippen LogP contribution >= 0.6 is 0 Å². The Hall–Kier alpha value is -0.370. The minimum Gasteiger partial charge on any atom is -0.381 e. The lowest BCUT2D eigenvalue weighted by Crippen LogP contribution is -2.12. The summed E-state index contributed by atoms with van der Waals surface area (Å²) in [6, 6.07) is 0. The average molecular weight is 198 g/mol. The smallest absolute Gasteiger partial charge is 0.133 e. The maximum absolute atomic E-state index is 11.7. The van der Waals surface area contributed by atoms with Crippen LogP contribution in [0.4, 0.5) is 0 Å². The van der Waals surface area contributed by atoms with Gasteiger partial charge < -0.3 is 4.74 Å². The number of Topliss-reactive ketones (excluding diaryl/α,β-unsaturated/α-hetero) is 1. The summed E-state index contributed by atoms with van der Waals surface area (Å²) < 4.78 is 5.26. The van der Waals surface area contributed by atoms with E-state index in [-0.39, 0.29) is 0 Å². The van der Waals surface area contributed by atoms with Gasteiger partial charge in [-0.3, -0.25) is 4.79 Å². The molecule has 2 heteroatoms. The molecule has 0 bridgehead atoms. The molecule has 0 amide bonds. The molecule has 1 atom stereocenters. The van der Waals surface area contributed by atoms with Gasteiger partial charge in [-0.15, -0.1) is 0 Å². The van der Waals surface area contributed by atoms with Crippen molar-refractivity contribution in [3.8, 4) is 0 Å². The van der Waals surface area contributed by atoms with Crippen molar-refractivity contribution in [3.63, 3.8) is 0 Å². The Kier molecular flexibility index (Phi) is 5.16. The van der Waals surface area contributed by atoms with Crippen molar-refractivity contribution in [2.75, 3.05) is 13.2 Å². The Morgan fingerprint density at radius 2 is 2.14 bits per heavy atom. The second-order valence-corrected chi connectivity index (χ2v) is 4.36. The van der Waals surface area contributed by atoms with Crippen LogP contribution in [0.5, 0.6) is 0 Å². The minimum atomic E-state index is 0.439. The molecule has 82 valence electrons. The van der Waals surface area contributed by atoms with Gasteiger partial charge in [0.2, 0.25) is 0 Å². The fraction of sp³-hybridized carbons (Fsp3) is 0.917. The predicted molar refractivity (Wildman–Crippen MR) is 57.2 cm³/mol. The fourth-order valence-corrected chi connectivity index (χ4v) is 2.05. The molecule has 0 aromatic rings. The molecule has 0 aromatic carbocycles. The van der Waals surface area contributed by atoms with Gasteiger partial charge in [0.25, 0.3) is 0 Å². The van der Waals surface area contributed by atoms with Gasteiger partial charge in [-0.25, -0.2) is 0 Å². The van der Waals surface area contributed by atoms with Gasteiger partial charge >= 0.3 is 0 Å². The van der Waals surface area contributed by atoms with Gasteiger partial charge in [0.05, 0.1) is 0 Å². The lowest BCUT2D eigenvalue weighted by atomic mass is 9.92. The average Bonchev–Trinajstić information content (AvgIpc) is 2.66. The molecule has 0 aliphatic carbocycles. The second kappa shape index (κ2) is 6.18. The molecule has 0 radical (unpaired) electrons. The van der Waals surface area contributed by atoms with Gasteiger partial charge in [-0.05, 0) is 18.3 Å². The second-order valence-electron chi connectivity index (χ2n) is 4.36. The van der Waals surface area contributed by atoms with Crippen LogP contribution in [-0.2, 0) is 9.53 Å². The van der Waals surface area contributed by atoms with E-state index < -0.39 is 0 Å². The molecule has 0 saturated carbocycles. The highest BCUT2D eigenvalue weighted by atomic mass is 16.5. The van der Waals surface area contributed by atoms with Crippen molar-refractivity contribution in [3.05, 3.63) is 0 Å². The first kappa shape index (κ1) is 11.7. The Labute approximate surface area is 87.0 Å². The van der Waals surface area contributed by atoms with Gasteiger partial charge in [-0.1, -0.05) is 26.7 Å². The van der Waals surface area contributed by atoms with Crippen LogP contribution in [0.3, 0.4) is 0 Å². The standard InChI is InChI=1S/C12H22O2/c1-3-10(4-2)7-12(13)8-11-5-6-14-9-11/h10-11H,3-9H2,1-2H3. The molecule has 1 aliphatic heterocycles. The third kappa shape index (κ3) is 3.79. The van der Waals surface area contributed by atoms with Crippen LogP contribution in [0, 0.1) is 11.8 Å². The van der Waals surface area contributed by atoms with Crippen molar-refractivity contribution in [2.45, 2.75) is 46.0 Å². The quantitative estimate of drug-likeness (QED) is 0.656. The van der Waals surface area contributed by atoms with E-state index in [0.29, 0.717) is 17.6 Å². The van der Waals surface area contributed by atoms with E-state index >= 15 is 0 Å². The van der Waals surface area contributed by atoms with E-state index in [1.807, 2.05) is 0 Å². The van der Waals surface area contributed by atoms with Crippen LogP contribution in [0.15, 0.2) is 0 Å². The van der Waals surface area contributed by atoms with E-state index in [4.69, 9.17) is 4.74 Å². The van der Waals surface area contributed by atoms with E-state index in [1.54, 1.807) is 0 Å². The van der Waals surface area contributed by atoms with Crippen LogP contribution < -0.4 is 0 Å². The fourth-order valence-electron chi connectivity index (χ4n) is 2.05. The number of rotatable bonds is 6. The summed E-state index contributed by atoms with van der Waals surface area (Å²) in [4.78, 5) is 11.7. The van der Waals surface area contributed by atoms with Gasteiger partial charge in [0.15, 0.2) is 0 Å². The molecule has 0 N–H and O–H groups in total. The zero-order valence-electron chi connectivity index (χ0n) is 9.42. The summed E-state index contributed by atoms with van der Waals surface area (Å²) in [6.07, 6.45) is 4.86. The SMILES string of the molecule is CCC(CC)CC(=O)CC1CCOC1. The van der Waals surface area contributed by atoms with Crippen molar-refractivity contribution < 1.29 is 9.53 Å². The number of hydrogen-bond acceptors (Lipinski definition) is 2. The lowest BCUT2D eigenvalue weighted by molar-refractivity contribution is -0.120. The Morgan fingerprint density at radius 3 is 2.64 bits per heavy atom. The van der Waals surface area contributed by atoms with Crippen LogP contribution in [0.25, 0.3) is 0 Å². The van der Waals surface area contributed by atoms with Crippen LogP contribution in [0.1, 0.15) is 46.0 Å². The van der Waals surface area contributed by atoms with Gasteiger partial charge in [0, 0.05) is 26.1 Å². The lowest BCUT2D eigenvalue weighted by Gasteiger charge is -2.12. The number of carbonyl (C=O) groups excluding carboxylic acids is 1. The third-order valence-corrected chi connectivity index (χ3v) is 3.21. The largest absolute Gasteiger partial charge is 0.381 e. The number of carbonyl (C=O) groups is 1. The zero-order chi connectivity index (χ0) is 10.4. The van der Waals surface area contributed by atoms with Crippen LogP contribution in [-0.4, -0.2) is 19.0 Å². The zero-order valence-corrected chi connectivity index (χ0v) is 9.42. The first-order valence-electron chi connectivity index (χ1n) is 5.85. The highest BCUT2D eigenvalue weighted by Crippen LogP contribution is 2.20. The maximum Gasteiger partial charge on any atom is 0.133 e. The Morgan fingerprint density at radius 1 is 1.43 bits per heavy atom. The summed E-state index contributed by atoms with van der Waals surface area (Å²) in [5.41, 5.74) is 0. The molecule has 1 heterocycles. The minimum absolute atomic E-state index is 0.439. The molecule has 14 heavy (non-hydrogen) atoms. The molecule has 1 saturated heterocycles. The van der Waals surface area contributed by atoms with Crippen LogP contribution in [0.2, 0.25) is 0 Å². The number of ether oxygens (including phenoxy) is 1. The maximum atomic E-state index is 11.7. The first-order chi connectivity index (χ1) is 6.76. The summed E-state index contributed by atoms with van der Waals surface area (Å²) in [5.74, 6) is 1.55. The van der Waals surface area contributed by atoms with Gasteiger partial charge in [0.1, 0.15) is 5.78 Å². The Bertz CT molecular complexity index is 161. The van der Waals surface area contributed by atoms with E-state index in [0.717, 1.165) is 45.3 Å². The molecule has 1 fully saturated rings. The molecule has 1 aliphatic rings. The highest BCUT2D eigenvalue weighted by Gasteiger charge is 2.20. The first-order valence-corrected chi connectivity index (χ1v) is 5.85. The topological polar surface area (TPSA) is 26.3 Å². The summed E-state index contributed by atoms with van der Waals surface area (Å²) >= 11 is 0. The Balaban J connectivity index is 2.20. The number of ketones is 1. The molecule has 2 nitrogen and oxygen atoms in total. The molecule has 1 rings (SSSR count). The molecule has 0 aromatic heterocycles. The predicted octanol–water partition coefficient (Wildman–Crippen LogP) is 2.81. The van der Waals surface area contributed by atoms with Crippen molar-refractivity contribution >= 4 is 5.78 Å². The summed E-state index contributed by atoms with van der Waals surface area (Å²) in [7, 11) is 0. The summed E-state index contributed by atoms with van der Waals surface area (Å²) in [5, 5.41) is 0. The van der Waals surface area contributed by atoms with Crippen molar-refractivity contribution in [2.24, 2.45) is 11.8 Å². The van der Waals surface area contributed by atoms with Crippen molar-refractivity contribution in [1.82, 2.24) is 0 Å². The molecule has 0 spiro atoms. The molecule has 1 unspecified atom stereocenters. The van der Waals surface area contributed by atoms with E-state index in [9.17, 15) is 4.79 Å². The normalized spacial score (nSPS) is 21.8.